The predicted octanol–water partition coefficient (Wildman–Crippen LogP) is 2.15. The molecule has 0 saturated heterocycles. The highest BCUT2D eigenvalue weighted by molar-refractivity contribution is 5.75. The van der Waals surface area contributed by atoms with Gasteiger partial charge in [-0.1, -0.05) is 18.2 Å². The van der Waals surface area contributed by atoms with E-state index >= 15 is 0 Å². The molecule has 4 nitrogen and oxygen atoms in total. The second-order valence-electron chi connectivity index (χ2n) is 4.11. The molecule has 0 bridgehead atoms. The highest BCUT2D eigenvalue weighted by Gasteiger charge is 2.40. The van der Waals surface area contributed by atoms with Crippen molar-refractivity contribution in [1.82, 2.24) is 5.32 Å². The van der Waals surface area contributed by atoms with Crippen LogP contribution in [0, 0.1) is 0 Å². The van der Waals surface area contributed by atoms with Gasteiger partial charge in [0.1, 0.15) is 6.29 Å². The molecule has 1 aliphatic carbocycles. The molecule has 1 fully saturated rings. The third-order valence-electron chi connectivity index (χ3n) is 3.13. The first-order valence-electron chi connectivity index (χ1n) is 5.23. The number of carboxylic acid groups (broad SMARTS) is 1. The zero-order valence-electron chi connectivity index (χ0n) is 8.77. The summed E-state index contributed by atoms with van der Waals surface area (Å²) in [5.74, 6) is 0. The van der Waals surface area contributed by atoms with Crippen LogP contribution in [0.2, 0.25) is 0 Å². The van der Waals surface area contributed by atoms with Crippen LogP contribution in [0.1, 0.15) is 35.2 Å². The molecule has 0 aromatic heterocycles. The Balaban J connectivity index is 2.32. The van der Waals surface area contributed by atoms with Crippen LogP contribution in [-0.4, -0.2) is 17.5 Å². The number of aldehydes is 1. The van der Waals surface area contributed by atoms with E-state index in [-0.39, 0.29) is 0 Å². The Morgan fingerprint density at radius 1 is 1.44 bits per heavy atom. The molecule has 16 heavy (non-hydrogen) atoms. The molecule has 84 valence electrons. The maximum Gasteiger partial charge on any atom is 0.405 e. The molecule has 1 aromatic carbocycles. The van der Waals surface area contributed by atoms with Crippen LogP contribution < -0.4 is 5.32 Å². The number of hydrogen-bond donors (Lipinski definition) is 2. The molecular formula is C12H13NO3. The molecule has 1 amide bonds. The van der Waals surface area contributed by atoms with Crippen LogP contribution in [-0.2, 0) is 5.54 Å². The molecule has 4 heteroatoms. The Hall–Kier alpha value is -1.84. The van der Waals surface area contributed by atoms with Gasteiger partial charge in [0.05, 0.1) is 5.54 Å². The molecule has 0 spiro atoms. The molecule has 2 N–H and O–H groups in total. The smallest absolute Gasteiger partial charge is 0.405 e. The third-order valence-corrected chi connectivity index (χ3v) is 3.13. The summed E-state index contributed by atoms with van der Waals surface area (Å²) >= 11 is 0. The summed E-state index contributed by atoms with van der Waals surface area (Å²) in [6.07, 6.45) is 2.35. The van der Waals surface area contributed by atoms with Gasteiger partial charge in [0, 0.05) is 5.56 Å². The largest absolute Gasteiger partial charge is 0.465 e. The van der Waals surface area contributed by atoms with Gasteiger partial charge in [-0.15, -0.1) is 0 Å². The fraction of sp³-hybridized carbons (Fsp3) is 0.333. The Labute approximate surface area is 93.3 Å². The normalized spacial score (nSPS) is 17.2. The van der Waals surface area contributed by atoms with E-state index in [2.05, 4.69) is 5.32 Å². The van der Waals surface area contributed by atoms with Gasteiger partial charge in [-0.25, -0.2) is 4.79 Å². The highest BCUT2D eigenvalue weighted by atomic mass is 16.4. The van der Waals surface area contributed by atoms with E-state index in [0.717, 1.165) is 31.1 Å². The SMILES string of the molecule is O=Cc1cccc(C2(NC(=O)O)CCC2)c1. The van der Waals surface area contributed by atoms with E-state index in [9.17, 15) is 9.59 Å². The first-order valence-corrected chi connectivity index (χ1v) is 5.23. The molecule has 0 atom stereocenters. The minimum atomic E-state index is -1.02. The van der Waals surface area contributed by atoms with Crippen molar-refractivity contribution in [3.8, 4) is 0 Å². The van der Waals surface area contributed by atoms with Gasteiger partial charge in [-0.3, -0.25) is 4.79 Å². The predicted molar refractivity (Wildman–Crippen MR) is 58.5 cm³/mol. The number of carbonyl (C=O) groups is 2. The molecule has 0 radical (unpaired) electrons. The van der Waals surface area contributed by atoms with E-state index in [4.69, 9.17) is 5.11 Å². The molecule has 1 aromatic rings. The summed E-state index contributed by atoms with van der Waals surface area (Å²) in [4.78, 5) is 21.4. The van der Waals surface area contributed by atoms with E-state index in [1.165, 1.54) is 0 Å². The molecule has 2 rings (SSSR count). The maximum absolute atomic E-state index is 10.8. The number of nitrogens with one attached hydrogen (secondary N) is 1. The zero-order chi connectivity index (χ0) is 11.6. The van der Waals surface area contributed by atoms with Gasteiger partial charge in [0.25, 0.3) is 0 Å². The number of benzene rings is 1. The Morgan fingerprint density at radius 3 is 2.69 bits per heavy atom. The molecule has 0 aliphatic heterocycles. The molecule has 1 saturated carbocycles. The summed E-state index contributed by atoms with van der Waals surface area (Å²) in [5, 5.41) is 11.4. The van der Waals surface area contributed by atoms with Crippen molar-refractivity contribution in [2.24, 2.45) is 0 Å². The third kappa shape index (κ3) is 1.78. The molecular weight excluding hydrogens is 206 g/mol. The Morgan fingerprint density at radius 2 is 2.19 bits per heavy atom. The zero-order valence-corrected chi connectivity index (χ0v) is 8.77. The number of hydrogen-bond acceptors (Lipinski definition) is 2. The van der Waals surface area contributed by atoms with Gasteiger partial charge in [0.15, 0.2) is 0 Å². The van der Waals surface area contributed by atoms with Gasteiger partial charge in [-0.2, -0.15) is 0 Å². The van der Waals surface area contributed by atoms with E-state index in [0.29, 0.717) is 5.56 Å². The molecule has 0 heterocycles. The van der Waals surface area contributed by atoms with Crippen LogP contribution in [0.5, 0.6) is 0 Å². The van der Waals surface area contributed by atoms with Crippen LogP contribution in [0.15, 0.2) is 24.3 Å². The van der Waals surface area contributed by atoms with Crippen LogP contribution in [0.4, 0.5) is 4.79 Å². The fourth-order valence-corrected chi connectivity index (χ4v) is 2.13. The van der Waals surface area contributed by atoms with Crippen LogP contribution >= 0.6 is 0 Å². The molecule has 0 unspecified atom stereocenters. The summed E-state index contributed by atoms with van der Waals surface area (Å²) in [6, 6.07) is 7.11. The van der Waals surface area contributed by atoms with E-state index in [1.807, 2.05) is 6.07 Å². The van der Waals surface area contributed by atoms with Crippen molar-refractivity contribution in [3.05, 3.63) is 35.4 Å². The number of amides is 1. The van der Waals surface area contributed by atoms with Gasteiger partial charge in [-0.05, 0) is 30.9 Å². The minimum absolute atomic E-state index is 0.481. The summed E-state index contributed by atoms with van der Waals surface area (Å²) in [6.45, 7) is 0. The van der Waals surface area contributed by atoms with Crippen molar-refractivity contribution in [3.63, 3.8) is 0 Å². The van der Waals surface area contributed by atoms with Crippen LogP contribution in [0.3, 0.4) is 0 Å². The first-order chi connectivity index (χ1) is 7.66. The average Bonchev–Trinajstić information content (AvgIpc) is 2.23. The fourth-order valence-electron chi connectivity index (χ4n) is 2.13. The van der Waals surface area contributed by atoms with Crippen molar-refractivity contribution < 1.29 is 14.7 Å². The average molecular weight is 219 g/mol. The summed E-state index contributed by atoms with van der Waals surface area (Å²) in [7, 11) is 0. The van der Waals surface area contributed by atoms with Crippen molar-refractivity contribution in [2.45, 2.75) is 24.8 Å². The second-order valence-corrected chi connectivity index (χ2v) is 4.11. The monoisotopic (exact) mass is 219 g/mol. The Kier molecular flexibility index (Phi) is 2.64. The molecule has 1 aliphatic rings. The van der Waals surface area contributed by atoms with Crippen molar-refractivity contribution in [1.29, 1.82) is 0 Å². The lowest BCUT2D eigenvalue weighted by Crippen LogP contribution is -2.50. The quantitative estimate of drug-likeness (QED) is 0.765. The van der Waals surface area contributed by atoms with Gasteiger partial charge < -0.3 is 10.4 Å². The number of carbonyl (C=O) groups excluding carboxylic acids is 1. The van der Waals surface area contributed by atoms with Crippen molar-refractivity contribution >= 4 is 12.4 Å². The van der Waals surface area contributed by atoms with Gasteiger partial charge >= 0.3 is 6.09 Å². The summed E-state index contributed by atoms with van der Waals surface area (Å²) in [5.41, 5.74) is 0.979. The van der Waals surface area contributed by atoms with E-state index in [1.54, 1.807) is 18.2 Å². The highest BCUT2D eigenvalue weighted by Crippen LogP contribution is 2.41. The van der Waals surface area contributed by atoms with Crippen molar-refractivity contribution in [2.75, 3.05) is 0 Å². The minimum Gasteiger partial charge on any atom is -0.465 e. The van der Waals surface area contributed by atoms with Crippen LogP contribution in [0.25, 0.3) is 0 Å². The first kappa shape index (κ1) is 10.7. The topological polar surface area (TPSA) is 66.4 Å². The standard InChI is InChI=1S/C12H13NO3/c14-8-9-3-1-4-10(7-9)12(5-2-6-12)13-11(15)16/h1,3-4,7-8,13H,2,5-6H2,(H,15,16). The lowest BCUT2D eigenvalue weighted by atomic mass is 9.71. The second kappa shape index (κ2) is 3.96. The number of rotatable bonds is 3. The summed E-state index contributed by atoms with van der Waals surface area (Å²) < 4.78 is 0. The van der Waals surface area contributed by atoms with E-state index < -0.39 is 11.6 Å². The lowest BCUT2D eigenvalue weighted by Gasteiger charge is -2.42. The lowest BCUT2D eigenvalue weighted by molar-refractivity contribution is 0.112. The maximum atomic E-state index is 10.8. The Bertz CT molecular complexity index is 424. The van der Waals surface area contributed by atoms with Gasteiger partial charge in [0.2, 0.25) is 0 Å².